The summed E-state index contributed by atoms with van der Waals surface area (Å²) in [6.07, 6.45) is 3.32. The topological polar surface area (TPSA) is 118 Å². The summed E-state index contributed by atoms with van der Waals surface area (Å²) >= 11 is 0.992. The Balaban J connectivity index is 1.84. The van der Waals surface area contributed by atoms with E-state index in [4.69, 9.17) is 0 Å². The number of nitrogens with zero attached hydrogens (tertiary/aromatic N) is 4. The molecule has 0 aliphatic rings. The van der Waals surface area contributed by atoms with Gasteiger partial charge in [-0.2, -0.15) is 0 Å². The third-order valence-corrected chi connectivity index (χ3v) is 5.98. The van der Waals surface area contributed by atoms with Gasteiger partial charge in [0.15, 0.2) is 11.0 Å². The van der Waals surface area contributed by atoms with E-state index in [1.54, 1.807) is 29.1 Å². The Labute approximate surface area is 187 Å². The lowest BCUT2D eigenvalue weighted by atomic mass is 10.1. The highest BCUT2D eigenvalue weighted by molar-refractivity contribution is 8.00. The van der Waals surface area contributed by atoms with Crippen LogP contribution in [-0.4, -0.2) is 41.9 Å². The molecule has 32 heavy (non-hydrogen) atoms. The molecule has 0 spiro atoms. The maximum atomic E-state index is 12.1. The first-order chi connectivity index (χ1) is 15.5. The summed E-state index contributed by atoms with van der Waals surface area (Å²) in [4.78, 5) is 27.6. The molecule has 160 valence electrons. The average Bonchev–Trinajstić information content (AvgIpc) is 3.21. The third-order valence-electron chi connectivity index (χ3n) is 4.79. The van der Waals surface area contributed by atoms with Crippen molar-refractivity contribution < 1.29 is 19.8 Å². The lowest BCUT2D eigenvalue weighted by Crippen LogP contribution is -2.11. The molecule has 0 amide bonds. The van der Waals surface area contributed by atoms with E-state index in [2.05, 4.69) is 15.2 Å². The van der Waals surface area contributed by atoms with Crippen LogP contribution in [0.15, 0.2) is 78.2 Å². The number of pyridine rings is 1. The lowest BCUT2D eigenvalue weighted by Gasteiger charge is -2.16. The maximum Gasteiger partial charge on any atom is 0.335 e. The van der Waals surface area contributed by atoms with Gasteiger partial charge in [-0.3, -0.25) is 14.3 Å². The Hall–Kier alpha value is -3.98. The summed E-state index contributed by atoms with van der Waals surface area (Å²) in [6.45, 7) is 1.95. The number of rotatable bonds is 7. The van der Waals surface area contributed by atoms with Crippen LogP contribution in [0.25, 0.3) is 17.1 Å². The first-order valence-corrected chi connectivity index (χ1v) is 10.5. The summed E-state index contributed by atoms with van der Waals surface area (Å²) in [5, 5.41) is 27.1. The minimum atomic E-state index is -1.12. The van der Waals surface area contributed by atoms with Crippen molar-refractivity contribution in [3.8, 4) is 17.1 Å². The summed E-state index contributed by atoms with van der Waals surface area (Å²) in [5.41, 5.74) is 2.87. The summed E-state index contributed by atoms with van der Waals surface area (Å²) in [6, 6.07) is 17.2. The number of hydrogen-bond donors (Lipinski definition) is 2. The van der Waals surface area contributed by atoms with Crippen LogP contribution in [0.4, 0.5) is 0 Å². The van der Waals surface area contributed by atoms with Crippen molar-refractivity contribution >= 4 is 23.7 Å². The molecule has 2 heterocycles. The lowest BCUT2D eigenvalue weighted by molar-refractivity contribution is -0.136. The van der Waals surface area contributed by atoms with Crippen LogP contribution < -0.4 is 0 Å². The minimum absolute atomic E-state index is 0.0192. The zero-order valence-corrected chi connectivity index (χ0v) is 17.7. The van der Waals surface area contributed by atoms with Crippen molar-refractivity contribution in [2.75, 3.05) is 0 Å². The molecule has 0 fully saturated rings. The quantitative estimate of drug-likeness (QED) is 0.405. The normalized spacial score (nSPS) is 11.8. The van der Waals surface area contributed by atoms with E-state index in [9.17, 15) is 19.8 Å². The Kier molecular flexibility index (Phi) is 6.00. The van der Waals surface area contributed by atoms with Gasteiger partial charge >= 0.3 is 11.9 Å². The molecule has 0 aliphatic carbocycles. The fourth-order valence-electron chi connectivity index (χ4n) is 3.26. The number of carboxylic acids is 2. The number of aromatic nitrogens is 4. The number of aromatic carboxylic acids is 1. The van der Waals surface area contributed by atoms with E-state index in [0.29, 0.717) is 16.5 Å². The van der Waals surface area contributed by atoms with Gasteiger partial charge in [0, 0.05) is 18.0 Å². The van der Waals surface area contributed by atoms with Gasteiger partial charge in [0.2, 0.25) is 0 Å². The van der Waals surface area contributed by atoms with Crippen molar-refractivity contribution in [2.24, 2.45) is 0 Å². The number of benzene rings is 2. The van der Waals surface area contributed by atoms with E-state index in [0.717, 1.165) is 28.6 Å². The van der Waals surface area contributed by atoms with Crippen LogP contribution in [0.5, 0.6) is 0 Å². The molecule has 4 aromatic rings. The van der Waals surface area contributed by atoms with Crippen LogP contribution in [0.2, 0.25) is 0 Å². The van der Waals surface area contributed by atoms with Gasteiger partial charge in [-0.1, -0.05) is 42.1 Å². The Bertz CT molecular complexity index is 1290. The molecular formula is C23H18N4O4S. The van der Waals surface area contributed by atoms with Gasteiger partial charge in [0.25, 0.3) is 0 Å². The van der Waals surface area contributed by atoms with Crippen molar-refractivity contribution in [3.05, 3.63) is 89.7 Å². The summed E-state index contributed by atoms with van der Waals surface area (Å²) in [5.74, 6) is -1.71. The van der Waals surface area contributed by atoms with Gasteiger partial charge < -0.3 is 10.2 Å². The molecule has 2 aromatic heterocycles. The molecular weight excluding hydrogens is 428 g/mol. The monoisotopic (exact) mass is 446 g/mol. The number of carboxylic acid groups (broad SMARTS) is 2. The van der Waals surface area contributed by atoms with Gasteiger partial charge in [-0.25, -0.2) is 4.79 Å². The smallest absolute Gasteiger partial charge is 0.335 e. The standard InChI is InChI=1S/C23H18N4O4S/c1-14-6-2-3-10-18(14)27-20(17-9-5-11-24-13-17)25-26-23(27)32-19(22(30)31)15-7-4-8-16(12-15)21(28)29/h2-13,19H,1H3,(H,28,29)(H,30,31). The number of hydrogen-bond acceptors (Lipinski definition) is 6. The molecule has 2 N–H and O–H groups in total. The van der Waals surface area contributed by atoms with Crippen LogP contribution >= 0.6 is 11.8 Å². The van der Waals surface area contributed by atoms with Crippen molar-refractivity contribution in [2.45, 2.75) is 17.3 Å². The Morgan fingerprint density at radius 3 is 2.50 bits per heavy atom. The number of aliphatic carboxylic acids is 1. The fraction of sp³-hybridized carbons (Fsp3) is 0.0870. The van der Waals surface area contributed by atoms with Gasteiger partial charge in [0.1, 0.15) is 5.25 Å². The van der Waals surface area contributed by atoms with Gasteiger partial charge in [-0.15, -0.1) is 10.2 Å². The predicted molar refractivity (Wildman–Crippen MR) is 119 cm³/mol. The van der Waals surface area contributed by atoms with Crippen LogP contribution in [-0.2, 0) is 4.79 Å². The Morgan fingerprint density at radius 1 is 1.00 bits per heavy atom. The van der Waals surface area contributed by atoms with E-state index in [1.807, 2.05) is 37.3 Å². The third kappa shape index (κ3) is 4.23. The molecule has 0 bridgehead atoms. The van der Waals surface area contributed by atoms with Crippen molar-refractivity contribution in [1.29, 1.82) is 0 Å². The molecule has 9 heteroatoms. The number of para-hydroxylation sites is 1. The Morgan fingerprint density at radius 2 is 1.81 bits per heavy atom. The second kappa shape index (κ2) is 9.03. The largest absolute Gasteiger partial charge is 0.480 e. The number of aryl methyl sites for hydroxylation is 1. The number of thioether (sulfide) groups is 1. The van der Waals surface area contributed by atoms with Crippen molar-refractivity contribution in [1.82, 2.24) is 19.7 Å². The highest BCUT2D eigenvalue weighted by Gasteiger charge is 2.27. The molecule has 1 unspecified atom stereocenters. The van der Waals surface area contributed by atoms with Gasteiger partial charge in [0.05, 0.1) is 11.3 Å². The molecule has 0 saturated carbocycles. The maximum absolute atomic E-state index is 12.1. The van der Waals surface area contributed by atoms with Crippen molar-refractivity contribution in [3.63, 3.8) is 0 Å². The van der Waals surface area contributed by atoms with E-state index >= 15 is 0 Å². The summed E-state index contributed by atoms with van der Waals surface area (Å²) < 4.78 is 1.80. The van der Waals surface area contributed by atoms with E-state index < -0.39 is 17.2 Å². The molecule has 4 rings (SSSR count). The van der Waals surface area contributed by atoms with Crippen LogP contribution in [0.1, 0.15) is 26.7 Å². The molecule has 0 aliphatic heterocycles. The first kappa shape index (κ1) is 21.3. The highest BCUT2D eigenvalue weighted by atomic mass is 32.2. The summed E-state index contributed by atoms with van der Waals surface area (Å²) in [7, 11) is 0. The zero-order chi connectivity index (χ0) is 22.7. The molecule has 8 nitrogen and oxygen atoms in total. The SMILES string of the molecule is Cc1ccccc1-n1c(SC(C(=O)O)c2cccc(C(=O)O)c2)nnc1-c1cccnc1. The van der Waals surface area contributed by atoms with Crippen LogP contribution in [0, 0.1) is 6.92 Å². The fourth-order valence-corrected chi connectivity index (χ4v) is 4.23. The average molecular weight is 446 g/mol. The molecule has 1 atom stereocenters. The highest BCUT2D eigenvalue weighted by Crippen LogP contribution is 2.38. The van der Waals surface area contributed by atoms with Crippen LogP contribution in [0.3, 0.4) is 0 Å². The second-order valence-electron chi connectivity index (χ2n) is 6.94. The molecule has 0 saturated heterocycles. The molecule has 2 aromatic carbocycles. The predicted octanol–water partition coefficient (Wildman–Crippen LogP) is 4.25. The zero-order valence-electron chi connectivity index (χ0n) is 16.9. The van der Waals surface area contributed by atoms with Gasteiger partial charge in [-0.05, 0) is 48.4 Å². The van der Waals surface area contributed by atoms with E-state index in [1.165, 1.54) is 18.2 Å². The number of carbonyl (C=O) groups is 2. The van der Waals surface area contributed by atoms with E-state index in [-0.39, 0.29) is 5.56 Å². The second-order valence-corrected chi connectivity index (χ2v) is 8.01. The minimum Gasteiger partial charge on any atom is -0.480 e. The molecule has 0 radical (unpaired) electrons. The first-order valence-electron chi connectivity index (χ1n) is 9.60.